The van der Waals surface area contributed by atoms with Crippen molar-refractivity contribution in [3.05, 3.63) is 24.3 Å². The molecule has 58 valence electrons. The van der Waals surface area contributed by atoms with Gasteiger partial charge in [0.2, 0.25) is 0 Å². The van der Waals surface area contributed by atoms with Crippen molar-refractivity contribution in [3.63, 3.8) is 0 Å². The van der Waals surface area contributed by atoms with E-state index in [0.717, 1.165) is 11.4 Å². The molecule has 0 aliphatic rings. The molecule has 0 bridgehead atoms. The molecule has 0 saturated heterocycles. The second kappa shape index (κ2) is 3.76. The van der Waals surface area contributed by atoms with E-state index in [1.165, 1.54) is 0 Å². The highest BCUT2D eigenvalue weighted by Crippen LogP contribution is 2.25. The molecule has 1 aromatic carbocycles. The topological polar surface area (TPSA) is 21.6 Å². The summed E-state index contributed by atoms with van der Waals surface area (Å²) in [5, 5.41) is 0. The van der Waals surface area contributed by atoms with E-state index >= 15 is 0 Å². The van der Waals surface area contributed by atoms with Crippen molar-refractivity contribution in [2.45, 2.75) is 6.92 Å². The Labute approximate surface area is 66.5 Å². The number of rotatable bonds is 2. The van der Waals surface area contributed by atoms with Crippen molar-refractivity contribution >= 4 is 11.9 Å². The molecule has 0 spiro atoms. The monoisotopic (exact) mass is 149 g/mol. The fraction of sp³-hybridized carbons (Fsp3) is 0.222. The minimum absolute atomic E-state index is 0.811. The molecule has 1 rings (SSSR count). The van der Waals surface area contributed by atoms with E-state index in [-0.39, 0.29) is 0 Å². The zero-order valence-corrected chi connectivity index (χ0v) is 6.74. The van der Waals surface area contributed by atoms with Gasteiger partial charge in [0.25, 0.3) is 0 Å². The molecule has 0 saturated carbocycles. The summed E-state index contributed by atoms with van der Waals surface area (Å²) in [6.07, 6.45) is 1.75. The zero-order valence-electron chi connectivity index (χ0n) is 6.74. The third-order valence-electron chi connectivity index (χ3n) is 1.35. The van der Waals surface area contributed by atoms with Crippen LogP contribution in [0, 0.1) is 0 Å². The van der Waals surface area contributed by atoms with Gasteiger partial charge in [-0.15, -0.1) is 0 Å². The third kappa shape index (κ3) is 1.80. The first-order valence-electron chi connectivity index (χ1n) is 3.50. The largest absolute Gasteiger partial charge is 0.494 e. The first-order valence-corrected chi connectivity index (χ1v) is 3.50. The molecule has 11 heavy (non-hydrogen) atoms. The fourth-order valence-electron chi connectivity index (χ4n) is 0.876. The Morgan fingerprint density at radius 1 is 1.36 bits per heavy atom. The lowest BCUT2D eigenvalue weighted by Gasteiger charge is -2.01. The van der Waals surface area contributed by atoms with E-state index in [4.69, 9.17) is 4.74 Å². The molecule has 0 heterocycles. The van der Waals surface area contributed by atoms with Gasteiger partial charge in [0, 0.05) is 6.21 Å². The van der Waals surface area contributed by atoms with E-state index < -0.39 is 0 Å². The van der Waals surface area contributed by atoms with Crippen LogP contribution in [0.2, 0.25) is 0 Å². The van der Waals surface area contributed by atoms with E-state index in [0.29, 0.717) is 0 Å². The van der Waals surface area contributed by atoms with Crippen LogP contribution in [0.3, 0.4) is 0 Å². The summed E-state index contributed by atoms with van der Waals surface area (Å²) < 4.78 is 5.08. The van der Waals surface area contributed by atoms with Crippen LogP contribution in [0.15, 0.2) is 29.3 Å². The summed E-state index contributed by atoms with van der Waals surface area (Å²) >= 11 is 0. The lowest BCUT2D eigenvalue weighted by molar-refractivity contribution is 0.416. The van der Waals surface area contributed by atoms with Gasteiger partial charge in [-0.1, -0.05) is 12.1 Å². The summed E-state index contributed by atoms with van der Waals surface area (Å²) in [6, 6.07) is 7.67. The maximum absolute atomic E-state index is 5.08. The highest BCUT2D eigenvalue weighted by molar-refractivity contribution is 5.64. The standard InChI is InChI=1S/C9H11NO/c1-3-10-8-6-4-5-7-9(8)11-2/h3-7H,1-2H3/b10-3+. The first kappa shape index (κ1) is 7.79. The summed E-state index contributed by atoms with van der Waals surface area (Å²) in [5.41, 5.74) is 0.873. The molecule has 0 N–H and O–H groups in total. The Morgan fingerprint density at radius 3 is 2.73 bits per heavy atom. The summed E-state index contributed by atoms with van der Waals surface area (Å²) in [5.74, 6) is 0.811. The average molecular weight is 149 g/mol. The van der Waals surface area contributed by atoms with Gasteiger partial charge < -0.3 is 4.74 Å². The molecule has 0 amide bonds. The van der Waals surface area contributed by atoms with Crippen molar-refractivity contribution < 1.29 is 4.74 Å². The van der Waals surface area contributed by atoms with Gasteiger partial charge in [-0.2, -0.15) is 0 Å². The minimum Gasteiger partial charge on any atom is -0.494 e. The SMILES string of the molecule is C/C=N/c1ccccc1OC. The number of nitrogens with zero attached hydrogens (tertiary/aromatic N) is 1. The van der Waals surface area contributed by atoms with Gasteiger partial charge in [-0.05, 0) is 19.1 Å². The van der Waals surface area contributed by atoms with Crippen LogP contribution >= 0.6 is 0 Å². The lowest BCUT2D eigenvalue weighted by Crippen LogP contribution is -1.81. The van der Waals surface area contributed by atoms with Crippen molar-refractivity contribution in [2.24, 2.45) is 4.99 Å². The Morgan fingerprint density at radius 2 is 2.09 bits per heavy atom. The van der Waals surface area contributed by atoms with Crippen LogP contribution < -0.4 is 4.74 Å². The van der Waals surface area contributed by atoms with Crippen LogP contribution in [-0.2, 0) is 0 Å². The van der Waals surface area contributed by atoms with Crippen molar-refractivity contribution in [1.82, 2.24) is 0 Å². The van der Waals surface area contributed by atoms with E-state index in [2.05, 4.69) is 4.99 Å². The summed E-state index contributed by atoms with van der Waals surface area (Å²) in [7, 11) is 1.64. The predicted molar refractivity (Wildman–Crippen MR) is 46.8 cm³/mol. The molecule has 0 radical (unpaired) electrons. The van der Waals surface area contributed by atoms with Crippen molar-refractivity contribution in [1.29, 1.82) is 0 Å². The zero-order chi connectivity index (χ0) is 8.10. The molecule has 1 aromatic rings. The number of methoxy groups -OCH3 is 1. The predicted octanol–water partition coefficient (Wildman–Crippen LogP) is 2.42. The quantitative estimate of drug-likeness (QED) is 0.592. The van der Waals surface area contributed by atoms with Gasteiger partial charge in [-0.25, -0.2) is 0 Å². The molecular weight excluding hydrogens is 138 g/mol. The molecule has 2 nitrogen and oxygen atoms in total. The number of ether oxygens (including phenoxy) is 1. The van der Waals surface area contributed by atoms with Crippen LogP contribution in [0.5, 0.6) is 5.75 Å². The molecule has 0 aromatic heterocycles. The van der Waals surface area contributed by atoms with E-state index in [1.807, 2.05) is 31.2 Å². The lowest BCUT2D eigenvalue weighted by atomic mass is 10.3. The minimum atomic E-state index is 0.811. The molecule has 0 atom stereocenters. The van der Waals surface area contributed by atoms with Crippen molar-refractivity contribution in [2.75, 3.05) is 7.11 Å². The normalized spacial score (nSPS) is 10.4. The summed E-state index contributed by atoms with van der Waals surface area (Å²) in [6.45, 7) is 1.88. The Kier molecular flexibility index (Phi) is 2.66. The van der Waals surface area contributed by atoms with Gasteiger partial charge in [0.05, 0.1) is 7.11 Å². The smallest absolute Gasteiger partial charge is 0.144 e. The number of hydrogen-bond acceptors (Lipinski definition) is 2. The van der Waals surface area contributed by atoms with Gasteiger partial charge in [-0.3, -0.25) is 4.99 Å². The maximum Gasteiger partial charge on any atom is 0.144 e. The van der Waals surface area contributed by atoms with Crippen LogP contribution in [0.4, 0.5) is 5.69 Å². The van der Waals surface area contributed by atoms with Gasteiger partial charge in [0.15, 0.2) is 0 Å². The second-order valence-corrected chi connectivity index (χ2v) is 2.06. The highest BCUT2D eigenvalue weighted by atomic mass is 16.5. The molecule has 2 heteroatoms. The number of para-hydroxylation sites is 2. The van der Waals surface area contributed by atoms with Gasteiger partial charge >= 0.3 is 0 Å². The van der Waals surface area contributed by atoms with Crippen LogP contribution in [0.25, 0.3) is 0 Å². The van der Waals surface area contributed by atoms with Crippen LogP contribution in [0.1, 0.15) is 6.92 Å². The highest BCUT2D eigenvalue weighted by Gasteiger charge is 1.95. The maximum atomic E-state index is 5.08. The van der Waals surface area contributed by atoms with E-state index in [9.17, 15) is 0 Å². The molecule has 0 aliphatic heterocycles. The second-order valence-electron chi connectivity index (χ2n) is 2.06. The number of benzene rings is 1. The molecule has 0 fully saturated rings. The number of aliphatic imine (C=N–C) groups is 1. The first-order chi connectivity index (χ1) is 5.38. The Hall–Kier alpha value is -1.31. The number of hydrogen-bond donors (Lipinski definition) is 0. The third-order valence-corrected chi connectivity index (χ3v) is 1.35. The average Bonchev–Trinajstić information content (AvgIpc) is 2.06. The van der Waals surface area contributed by atoms with Crippen molar-refractivity contribution in [3.8, 4) is 5.75 Å². The molecular formula is C9H11NO. The Bertz CT molecular complexity index is 255. The van der Waals surface area contributed by atoms with Crippen LogP contribution in [-0.4, -0.2) is 13.3 Å². The Balaban J connectivity index is 3.02. The summed E-state index contributed by atoms with van der Waals surface area (Å²) in [4.78, 5) is 4.13. The fourth-order valence-corrected chi connectivity index (χ4v) is 0.876. The molecule has 0 aliphatic carbocycles. The van der Waals surface area contributed by atoms with Gasteiger partial charge in [0.1, 0.15) is 11.4 Å². The van der Waals surface area contributed by atoms with E-state index in [1.54, 1.807) is 13.3 Å². The molecule has 0 unspecified atom stereocenters.